The molecule has 0 saturated carbocycles. The Morgan fingerprint density at radius 2 is 1.53 bits per heavy atom. The minimum Gasteiger partial charge on any atom is -0.322 e. The van der Waals surface area contributed by atoms with Crippen molar-refractivity contribution in [1.29, 1.82) is 0 Å². The number of amides is 3. The first-order chi connectivity index (χ1) is 15.4. The largest absolute Gasteiger partial charge is 0.324 e. The van der Waals surface area contributed by atoms with Gasteiger partial charge in [-0.2, -0.15) is 0 Å². The number of carbonyl (C=O) groups is 2. The highest BCUT2D eigenvalue weighted by Crippen LogP contribution is 2.24. The van der Waals surface area contributed by atoms with E-state index in [1.54, 1.807) is 46.2 Å². The van der Waals surface area contributed by atoms with E-state index < -0.39 is 23.1 Å². The predicted molar refractivity (Wildman–Crippen MR) is 115 cm³/mol. The molecule has 0 bridgehead atoms. The van der Waals surface area contributed by atoms with E-state index in [0.29, 0.717) is 31.0 Å². The monoisotopic (exact) mass is 439 g/mol. The zero-order valence-electron chi connectivity index (χ0n) is 17.0. The Labute approximate surface area is 183 Å². The Balaban J connectivity index is 1.44. The smallest absolute Gasteiger partial charge is 0.322 e. The third-order valence-corrected chi connectivity index (χ3v) is 5.22. The van der Waals surface area contributed by atoms with E-state index in [2.05, 4.69) is 5.32 Å². The van der Waals surface area contributed by atoms with Crippen molar-refractivity contribution in [3.05, 3.63) is 95.3 Å². The van der Waals surface area contributed by atoms with Gasteiger partial charge in [-0.25, -0.2) is 18.0 Å². The number of hydrogen-bond acceptors (Lipinski definition) is 2. The second-order valence-electron chi connectivity index (χ2n) is 7.43. The maximum atomic E-state index is 13.8. The lowest BCUT2D eigenvalue weighted by molar-refractivity contribution is 0.101. The molecule has 5 nitrogen and oxygen atoms in total. The summed E-state index contributed by atoms with van der Waals surface area (Å²) in [6, 6.07) is 15.5. The molecule has 0 unspecified atom stereocenters. The number of benzene rings is 3. The van der Waals surface area contributed by atoms with Gasteiger partial charge in [0.25, 0.3) is 5.91 Å². The van der Waals surface area contributed by atoms with E-state index in [0.717, 1.165) is 24.1 Å². The van der Waals surface area contributed by atoms with Crippen LogP contribution in [0.3, 0.4) is 0 Å². The van der Waals surface area contributed by atoms with Gasteiger partial charge < -0.3 is 10.2 Å². The summed E-state index contributed by atoms with van der Waals surface area (Å²) in [5, 5.41) is 2.46. The average Bonchev–Trinajstić information content (AvgIpc) is 2.77. The van der Waals surface area contributed by atoms with Crippen molar-refractivity contribution in [3.63, 3.8) is 0 Å². The summed E-state index contributed by atoms with van der Waals surface area (Å²) in [4.78, 5) is 28.5. The number of nitrogens with zero attached hydrogens (tertiary/aromatic N) is 2. The van der Waals surface area contributed by atoms with Gasteiger partial charge >= 0.3 is 6.03 Å². The molecule has 0 aromatic heterocycles. The lowest BCUT2D eigenvalue weighted by Crippen LogP contribution is -2.49. The predicted octanol–water partition coefficient (Wildman–Crippen LogP) is 5.19. The maximum Gasteiger partial charge on any atom is 0.324 e. The van der Waals surface area contributed by atoms with Crippen LogP contribution in [0.25, 0.3) is 0 Å². The van der Waals surface area contributed by atoms with Crippen LogP contribution < -0.4 is 10.2 Å². The lowest BCUT2D eigenvalue weighted by Gasteiger charge is -2.35. The molecule has 8 heteroatoms. The quantitative estimate of drug-likeness (QED) is 0.595. The molecular weight excluding hydrogens is 419 g/mol. The molecule has 1 aliphatic heterocycles. The topological polar surface area (TPSA) is 52.7 Å². The zero-order chi connectivity index (χ0) is 22.7. The van der Waals surface area contributed by atoms with E-state index in [9.17, 15) is 22.8 Å². The number of hydrogen-bond donors (Lipinski definition) is 1. The van der Waals surface area contributed by atoms with Gasteiger partial charge in [0.15, 0.2) is 0 Å². The van der Waals surface area contributed by atoms with Crippen molar-refractivity contribution < 1.29 is 22.8 Å². The van der Waals surface area contributed by atoms with Gasteiger partial charge in [0.05, 0.1) is 0 Å². The van der Waals surface area contributed by atoms with Crippen LogP contribution in [0.4, 0.5) is 29.3 Å². The molecule has 164 valence electrons. The Bertz CT molecular complexity index is 1110. The first kappa shape index (κ1) is 21.4. The Kier molecular flexibility index (Phi) is 6.11. The molecule has 1 N–H and O–H groups in total. The molecule has 1 fully saturated rings. The molecule has 1 saturated heterocycles. The molecule has 0 atom stereocenters. The molecule has 0 spiro atoms. The number of halogens is 3. The van der Waals surface area contributed by atoms with E-state index in [-0.39, 0.29) is 11.8 Å². The number of carbonyl (C=O) groups excluding carboxylic acids is 2. The summed E-state index contributed by atoms with van der Waals surface area (Å²) in [5.41, 5.74) is 1.15. The molecule has 1 heterocycles. The van der Waals surface area contributed by atoms with Crippen LogP contribution in [0.1, 0.15) is 22.3 Å². The van der Waals surface area contributed by atoms with Crippen LogP contribution in [0, 0.1) is 17.5 Å². The average molecular weight is 439 g/mol. The fraction of sp³-hybridized carbons (Fsp3) is 0.167. The molecule has 3 aromatic rings. The van der Waals surface area contributed by atoms with Crippen LogP contribution in [0.15, 0.2) is 66.7 Å². The van der Waals surface area contributed by atoms with Gasteiger partial charge in [-0.05, 0) is 60.5 Å². The first-order valence-electron chi connectivity index (χ1n) is 10.1. The molecule has 3 amide bonds. The maximum absolute atomic E-state index is 13.8. The van der Waals surface area contributed by atoms with Gasteiger partial charge in [-0.3, -0.25) is 9.69 Å². The van der Waals surface area contributed by atoms with Crippen molar-refractivity contribution in [1.82, 2.24) is 4.90 Å². The number of anilines is 2. The second kappa shape index (κ2) is 9.13. The van der Waals surface area contributed by atoms with Gasteiger partial charge in [-0.1, -0.05) is 18.2 Å². The Hall–Kier alpha value is -3.81. The van der Waals surface area contributed by atoms with Crippen LogP contribution >= 0.6 is 0 Å². The fourth-order valence-electron chi connectivity index (χ4n) is 3.61. The highest BCUT2D eigenvalue weighted by Gasteiger charge is 2.27. The highest BCUT2D eigenvalue weighted by molar-refractivity contribution is 6.04. The number of urea groups is 1. The van der Waals surface area contributed by atoms with Crippen molar-refractivity contribution >= 4 is 23.3 Å². The van der Waals surface area contributed by atoms with Gasteiger partial charge in [-0.15, -0.1) is 0 Å². The van der Waals surface area contributed by atoms with Gasteiger partial charge in [0, 0.05) is 31.0 Å². The van der Waals surface area contributed by atoms with Gasteiger partial charge in [0.1, 0.15) is 23.0 Å². The summed E-state index contributed by atoms with van der Waals surface area (Å²) < 4.78 is 40.7. The fourth-order valence-corrected chi connectivity index (χ4v) is 3.61. The zero-order valence-corrected chi connectivity index (χ0v) is 17.0. The minimum atomic E-state index is -0.945. The van der Waals surface area contributed by atoms with E-state index >= 15 is 0 Å². The standard InChI is InChI=1S/C24H20F3N3O2/c25-17-7-5-16(6-8-17)15-29-13-2-14-30(24(29)32)19-11-9-18(10-12-19)28-23(31)22-20(26)3-1-4-21(22)27/h1,3-12H,2,13-15H2,(H,28,31). The molecular formula is C24H20F3N3O2. The highest BCUT2D eigenvalue weighted by atomic mass is 19.1. The normalized spacial score (nSPS) is 13.9. The molecule has 0 radical (unpaired) electrons. The number of rotatable bonds is 5. The molecule has 3 aromatic carbocycles. The number of nitrogens with one attached hydrogen (secondary N) is 1. The van der Waals surface area contributed by atoms with Crippen LogP contribution in [0.2, 0.25) is 0 Å². The Morgan fingerprint density at radius 3 is 2.19 bits per heavy atom. The SMILES string of the molecule is O=C(Nc1ccc(N2CCCN(Cc3ccc(F)cc3)C2=O)cc1)c1c(F)cccc1F. The van der Waals surface area contributed by atoms with Crippen LogP contribution in [0.5, 0.6) is 0 Å². The summed E-state index contributed by atoms with van der Waals surface area (Å²) in [6.07, 6.45) is 0.762. The minimum absolute atomic E-state index is 0.175. The van der Waals surface area contributed by atoms with Crippen LogP contribution in [-0.4, -0.2) is 29.9 Å². The first-order valence-corrected chi connectivity index (χ1v) is 10.1. The van der Waals surface area contributed by atoms with Crippen molar-refractivity contribution in [2.24, 2.45) is 0 Å². The third kappa shape index (κ3) is 4.59. The molecule has 0 aliphatic carbocycles. The lowest BCUT2D eigenvalue weighted by atomic mass is 10.1. The molecule has 4 rings (SSSR count). The summed E-state index contributed by atoms with van der Waals surface area (Å²) in [5.74, 6) is -3.11. The summed E-state index contributed by atoms with van der Waals surface area (Å²) in [6.45, 7) is 1.50. The van der Waals surface area contributed by atoms with E-state index in [1.807, 2.05) is 0 Å². The Morgan fingerprint density at radius 1 is 0.875 bits per heavy atom. The third-order valence-electron chi connectivity index (χ3n) is 5.22. The van der Waals surface area contributed by atoms with Crippen molar-refractivity contribution in [2.75, 3.05) is 23.3 Å². The molecule has 1 aliphatic rings. The van der Waals surface area contributed by atoms with Crippen LogP contribution in [-0.2, 0) is 6.54 Å². The van der Waals surface area contributed by atoms with E-state index in [4.69, 9.17) is 0 Å². The second-order valence-corrected chi connectivity index (χ2v) is 7.43. The van der Waals surface area contributed by atoms with E-state index in [1.165, 1.54) is 18.2 Å². The summed E-state index contributed by atoms with van der Waals surface area (Å²) in [7, 11) is 0. The van der Waals surface area contributed by atoms with Crippen molar-refractivity contribution in [3.8, 4) is 0 Å². The molecule has 32 heavy (non-hydrogen) atoms. The van der Waals surface area contributed by atoms with Crippen molar-refractivity contribution in [2.45, 2.75) is 13.0 Å². The summed E-state index contributed by atoms with van der Waals surface area (Å²) >= 11 is 0. The van der Waals surface area contributed by atoms with Gasteiger partial charge in [0.2, 0.25) is 0 Å².